The molecule has 0 aliphatic rings. The molecule has 7 nitrogen and oxygen atoms in total. The minimum atomic E-state index is -0.496. The third-order valence-corrected chi connectivity index (χ3v) is 4.80. The van der Waals surface area contributed by atoms with Gasteiger partial charge in [0, 0.05) is 22.8 Å². The van der Waals surface area contributed by atoms with E-state index in [0.29, 0.717) is 22.3 Å². The fraction of sp³-hybridized carbons (Fsp3) is 0.250. The Kier molecular flexibility index (Phi) is 5.14. The summed E-state index contributed by atoms with van der Waals surface area (Å²) in [5.41, 5.74) is 1.40. The van der Waals surface area contributed by atoms with Crippen molar-refractivity contribution in [3.63, 3.8) is 0 Å². The first-order valence-electron chi connectivity index (χ1n) is 7.58. The summed E-state index contributed by atoms with van der Waals surface area (Å²) in [6.07, 6.45) is 0. The van der Waals surface area contributed by atoms with Crippen LogP contribution in [0.25, 0.3) is 4.96 Å². The molecule has 1 unspecified atom stereocenters. The number of halogens is 1. The van der Waals surface area contributed by atoms with Crippen molar-refractivity contribution in [1.29, 1.82) is 0 Å². The van der Waals surface area contributed by atoms with Crippen LogP contribution < -0.4 is 16.2 Å². The number of nitrogens with zero attached hydrogens (tertiary/aromatic N) is 3. The van der Waals surface area contributed by atoms with Gasteiger partial charge in [-0.15, -0.1) is 5.10 Å². The van der Waals surface area contributed by atoms with Crippen molar-refractivity contribution in [2.45, 2.75) is 26.4 Å². The minimum Gasteiger partial charge on any atom is -0.350 e. The van der Waals surface area contributed by atoms with Crippen LogP contribution >= 0.6 is 27.3 Å². The number of hydrogen-bond acceptors (Lipinski definition) is 6. The topological polar surface area (TPSA) is 88.4 Å². The number of benzene rings is 1. The zero-order valence-corrected chi connectivity index (χ0v) is 16.0. The molecule has 2 heterocycles. The van der Waals surface area contributed by atoms with Crippen molar-refractivity contribution in [2.75, 3.05) is 5.32 Å². The largest absolute Gasteiger partial charge is 0.350 e. The summed E-state index contributed by atoms with van der Waals surface area (Å²) in [6.45, 7) is 3.93. The third-order valence-electron chi connectivity index (χ3n) is 3.46. The molecule has 1 atom stereocenters. The van der Waals surface area contributed by atoms with Crippen LogP contribution in [0.1, 0.15) is 18.2 Å². The van der Waals surface area contributed by atoms with Crippen LogP contribution in [-0.4, -0.2) is 26.5 Å². The second kappa shape index (κ2) is 7.32. The lowest BCUT2D eigenvalue weighted by Crippen LogP contribution is -2.37. The molecular formula is C16H16BrN5O2S. The monoisotopic (exact) mass is 421 g/mol. The molecule has 0 saturated heterocycles. The number of fused-ring (bicyclic) bond motifs is 1. The van der Waals surface area contributed by atoms with Gasteiger partial charge in [-0.2, -0.15) is 4.52 Å². The van der Waals surface area contributed by atoms with Gasteiger partial charge in [-0.3, -0.25) is 9.59 Å². The Labute approximate surface area is 156 Å². The number of rotatable bonds is 5. The predicted molar refractivity (Wildman–Crippen MR) is 101 cm³/mol. The molecule has 3 aromatic rings. The molecule has 0 spiro atoms. The average Bonchev–Trinajstić information content (AvgIpc) is 2.95. The molecule has 25 heavy (non-hydrogen) atoms. The SMILES string of the molecule is Cc1cc(=O)n2nc(NC(C)C(=O)NCc3cccc(Br)c3)sc2n1. The highest BCUT2D eigenvalue weighted by molar-refractivity contribution is 9.10. The van der Waals surface area contributed by atoms with Gasteiger partial charge in [0.2, 0.25) is 16.0 Å². The molecule has 3 rings (SSSR count). The fourth-order valence-electron chi connectivity index (χ4n) is 2.22. The average molecular weight is 422 g/mol. The molecule has 0 aliphatic carbocycles. The van der Waals surface area contributed by atoms with Crippen LogP contribution in [0.4, 0.5) is 5.13 Å². The van der Waals surface area contributed by atoms with Gasteiger partial charge in [0.15, 0.2) is 0 Å². The van der Waals surface area contributed by atoms with Crippen molar-refractivity contribution in [3.8, 4) is 0 Å². The summed E-state index contributed by atoms with van der Waals surface area (Å²) < 4.78 is 2.19. The van der Waals surface area contributed by atoms with Crippen molar-refractivity contribution < 1.29 is 4.79 Å². The minimum absolute atomic E-state index is 0.157. The van der Waals surface area contributed by atoms with Crippen LogP contribution in [0.2, 0.25) is 0 Å². The van der Waals surface area contributed by atoms with Crippen LogP contribution in [0, 0.1) is 6.92 Å². The van der Waals surface area contributed by atoms with Crippen LogP contribution in [0.5, 0.6) is 0 Å². The first kappa shape index (κ1) is 17.6. The van der Waals surface area contributed by atoms with E-state index in [1.165, 1.54) is 21.9 Å². The second-order valence-corrected chi connectivity index (χ2v) is 7.42. The number of carbonyl (C=O) groups excluding carboxylic acids is 1. The molecule has 0 saturated carbocycles. The van der Waals surface area contributed by atoms with Gasteiger partial charge >= 0.3 is 0 Å². The number of nitrogens with one attached hydrogen (secondary N) is 2. The maximum Gasteiger partial charge on any atom is 0.275 e. The number of aromatic nitrogens is 3. The lowest BCUT2D eigenvalue weighted by molar-refractivity contribution is -0.121. The molecule has 2 aromatic heterocycles. The molecule has 0 radical (unpaired) electrons. The summed E-state index contributed by atoms with van der Waals surface area (Å²) in [5, 5.41) is 10.5. The normalized spacial score (nSPS) is 12.1. The van der Waals surface area contributed by atoms with E-state index in [4.69, 9.17) is 0 Å². The summed E-state index contributed by atoms with van der Waals surface area (Å²) in [7, 11) is 0. The van der Waals surface area contributed by atoms with E-state index in [2.05, 4.69) is 36.6 Å². The number of aryl methyl sites for hydroxylation is 1. The predicted octanol–water partition coefficient (Wildman–Crippen LogP) is 2.34. The Bertz CT molecular complexity index is 984. The lowest BCUT2D eigenvalue weighted by atomic mass is 10.2. The number of carbonyl (C=O) groups is 1. The van der Waals surface area contributed by atoms with Crippen LogP contribution in [0.3, 0.4) is 0 Å². The van der Waals surface area contributed by atoms with Gasteiger partial charge in [0.25, 0.3) is 5.56 Å². The quantitative estimate of drug-likeness (QED) is 0.659. The highest BCUT2D eigenvalue weighted by atomic mass is 79.9. The molecule has 1 aromatic carbocycles. The van der Waals surface area contributed by atoms with E-state index in [0.717, 1.165) is 10.0 Å². The maximum atomic E-state index is 12.2. The first-order chi connectivity index (χ1) is 11.9. The summed E-state index contributed by atoms with van der Waals surface area (Å²) in [4.78, 5) is 28.9. The van der Waals surface area contributed by atoms with E-state index < -0.39 is 6.04 Å². The van der Waals surface area contributed by atoms with Crippen molar-refractivity contribution in [3.05, 3.63) is 56.4 Å². The standard InChI is InChI=1S/C16H16BrN5O2S/c1-9-6-13(23)22-16(19-9)25-15(21-22)20-10(2)14(24)18-8-11-4-3-5-12(17)7-11/h3-7,10H,8H2,1-2H3,(H,18,24)(H,20,21). The van der Waals surface area contributed by atoms with E-state index in [9.17, 15) is 9.59 Å². The number of amides is 1. The fourth-order valence-corrected chi connectivity index (χ4v) is 3.60. The lowest BCUT2D eigenvalue weighted by Gasteiger charge is -2.13. The van der Waals surface area contributed by atoms with Crippen molar-refractivity contribution in [1.82, 2.24) is 19.9 Å². The van der Waals surface area contributed by atoms with E-state index >= 15 is 0 Å². The van der Waals surface area contributed by atoms with Crippen LogP contribution in [0.15, 0.2) is 39.6 Å². The zero-order chi connectivity index (χ0) is 18.0. The summed E-state index contributed by atoms with van der Waals surface area (Å²) >= 11 is 4.64. The molecule has 0 aliphatic heterocycles. The van der Waals surface area contributed by atoms with Gasteiger partial charge in [-0.25, -0.2) is 4.98 Å². The van der Waals surface area contributed by atoms with E-state index in [1.807, 2.05) is 24.3 Å². The molecule has 0 fully saturated rings. The van der Waals surface area contributed by atoms with Crippen LogP contribution in [-0.2, 0) is 11.3 Å². The Morgan fingerprint density at radius 1 is 1.40 bits per heavy atom. The molecule has 1 amide bonds. The van der Waals surface area contributed by atoms with Crippen molar-refractivity contribution >= 4 is 43.3 Å². The summed E-state index contributed by atoms with van der Waals surface area (Å²) in [6, 6.07) is 8.67. The van der Waals surface area contributed by atoms with Gasteiger partial charge in [-0.1, -0.05) is 39.4 Å². The van der Waals surface area contributed by atoms with Gasteiger partial charge in [0.1, 0.15) is 6.04 Å². The number of hydrogen-bond donors (Lipinski definition) is 2. The molecule has 0 bridgehead atoms. The van der Waals surface area contributed by atoms with Gasteiger partial charge < -0.3 is 10.6 Å². The third kappa shape index (κ3) is 4.23. The van der Waals surface area contributed by atoms with E-state index in [1.54, 1.807) is 13.8 Å². The molecule has 9 heteroatoms. The Morgan fingerprint density at radius 3 is 2.96 bits per heavy atom. The highest BCUT2D eigenvalue weighted by Gasteiger charge is 2.15. The number of anilines is 1. The molecule has 130 valence electrons. The Hall–Kier alpha value is -2.26. The molecule has 2 N–H and O–H groups in total. The Balaban J connectivity index is 1.65. The smallest absolute Gasteiger partial charge is 0.275 e. The van der Waals surface area contributed by atoms with Crippen molar-refractivity contribution in [2.24, 2.45) is 0 Å². The van der Waals surface area contributed by atoms with Gasteiger partial charge in [-0.05, 0) is 31.5 Å². The second-order valence-electron chi connectivity index (χ2n) is 5.55. The van der Waals surface area contributed by atoms with E-state index in [-0.39, 0.29) is 11.5 Å². The zero-order valence-electron chi connectivity index (χ0n) is 13.6. The summed E-state index contributed by atoms with van der Waals surface area (Å²) in [5.74, 6) is -0.157. The Morgan fingerprint density at radius 2 is 2.20 bits per heavy atom. The maximum absolute atomic E-state index is 12.2. The molecular weight excluding hydrogens is 406 g/mol. The first-order valence-corrected chi connectivity index (χ1v) is 9.19. The highest BCUT2D eigenvalue weighted by Crippen LogP contribution is 2.17. The van der Waals surface area contributed by atoms with Gasteiger partial charge in [0.05, 0.1) is 0 Å².